The van der Waals surface area contributed by atoms with Crippen LogP contribution < -0.4 is 10.9 Å². The number of nitrogens with zero attached hydrogens (tertiary/aromatic N) is 2. The Bertz CT molecular complexity index is 707. The molecule has 1 aliphatic rings. The molecular formula is C13H12BrN3O2. The van der Waals surface area contributed by atoms with E-state index < -0.39 is 0 Å². The second kappa shape index (κ2) is 4.77. The zero-order chi connectivity index (χ0) is 13.4. The highest BCUT2D eigenvalue weighted by Crippen LogP contribution is 2.18. The van der Waals surface area contributed by atoms with E-state index in [-0.39, 0.29) is 18.0 Å². The van der Waals surface area contributed by atoms with Gasteiger partial charge in [-0.3, -0.25) is 14.2 Å². The maximum absolute atomic E-state index is 12.2. The van der Waals surface area contributed by atoms with Gasteiger partial charge in [0.15, 0.2) is 0 Å². The topological polar surface area (TPSA) is 64.0 Å². The van der Waals surface area contributed by atoms with Gasteiger partial charge in [-0.25, -0.2) is 4.98 Å². The van der Waals surface area contributed by atoms with Gasteiger partial charge in [0.05, 0.1) is 17.2 Å². The number of hydrogen-bond acceptors (Lipinski definition) is 3. The Hall–Kier alpha value is -1.69. The maximum Gasteiger partial charge on any atom is 0.261 e. The zero-order valence-electron chi connectivity index (χ0n) is 10.1. The fourth-order valence-corrected chi connectivity index (χ4v) is 2.26. The number of amides is 1. The van der Waals surface area contributed by atoms with E-state index in [0.717, 1.165) is 17.3 Å². The fraction of sp³-hybridized carbons (Fsp3) is 0.308. The van der Waals surface area contributed by atoms with Crippen LogP contribution in [0.5, 0.6) is 0 Å². The van der Waals surface area contributed by atoms with E-state index in [1.54, 1.807) is 12.1 Å². The number of halogens is 1. The molecule has 1 aromatic heterocycles. The van der Waals surface area contributed by atoms with Crippen LogP contribution in [-0.4, -0.2) is 21.5 Å². The summed E-state index contributed by atoms with van der Waals surface area (Å²) in [6, 6.07) is 5.62. The number of carbonyl (C=O) groups excluding carboxylic acids is 1. The number of rotatable bonds is 3. The van der Waals surface area contributed by atoms with Crippen LogP contribution in [0.3, 0.4) is 0 Å². The minimum atomic E-state index is -0.197. The van der Waals surface area contributed by atoms with E-state index in [0.29, 0.717) is 16.9 Å². The minimum Gasteiger partial charge on any atom is -0.352 e. The number of fused-ring (bicyclic) bond motifs is 1. The van der Waals surface area contributed by atoms with Crippen molar-refractivity contribution in [3.05, 3.63) is 39.4 Å². The molecule has 0 unspecified atom stereocenters. The SMILES string of the molecule is O=C(Cn1cnc2ccc(Br)cc2c1=O)NC1CC1. The van der Waals surface area contributed by atoms with Crippen LogP contribution in [0.15, 0.2) is 33.8 Å². The molecule has 1 aromatic carbocycles. The fourth-order valence-electron chi connectivity index (χ4n) is 1.90. The molecule has 5 nitrogen and oxygen atoms in total. The van der Waals surface area contributed by atoms with Crippen LogP contribution in [-0.2, 0) is 11.3 Å². The van der Waals surface area contributed by atoms with Crippen LogP contribution in [0.2, 0.25) is 0 Å². The summed E-state index contributed by atoms with van der Waals surface area (Å²) in [6.45, 7) is 0.0186. The molecule has 0 radical (unpaired) electrons. The van der Waals surface area contributed by atoms with E-state index in [1.807, 2.05) is 6.07 Å². The lowest BCUT2D eigenvalue weighted by Crippen LogP contribution is -2.33. The molecule has 3 rings (SSSR count). The molecule has 6 heteroatoms. The largest absolute Gasteiger partial charge is 0.352 e. The Kier molecular flexibility index (Phi) is 3.10. The molecular weight excluding hydrogens is 310 g/mol. The van der Waals surface area contributed by atoms with E-state index in [2.05, 4.69) is 26.2 Å². The van der Waals surface area contributed by atoms with E-state index in [1.165, 1.54) is 10.9 Å². The Morgan fingerprint density at radius 1 is 1.47 bits per heavy atom. The highest BCUT2D eigenvalue weighted by Gasteiger charge is 2.23. The predicted octanol–water partition coefficient (Wildman–Crippen LogP) is 1.44. The zero-order valence-corrected chi connectivity index (χ0v) is 11.7. The molecule has 1 heterocycles. The minimum absolute atomic E-state index is 0.0186. The second-order valence-corrected chi connectivity index (χ2v) is 5.60. The van der Waals surface area contributed by atoms with Gasteiger partial charge in [0.1, 0.15) is 6.54 Å². The number of hydrogen-bond donors (Lipinski definition) is 1. The molecule has 1 fully saturated rings. The van der Waals surface area contributed by atoms with Crippen LogP contribution in [0.4, 0.5) is 0 Å². The summed E-state index contributed by atoms with van der Waals surface area (Å²) in [7, 11) is 0. The molecule has 0 bridgehead atoms. The van der Waals surface area contributed by atoms with Gasteiger partial charge in [0.2, 0.25) is 5.91 Å². The molecule has 0 atom stereocenters. The highest BCUT2D eigenvalue weighted by atomic mass is 79.9. The molecule has 1 saturated carbocycles. The van der Waals surface area contributed by atoms with Gasteiger partial charge < -0.3 is 5.32 Å². The van der Waals surface area contributed by atoms with Gasteiger partial charge in [0, 0.05) is 10.5 Å². The summed E-state index contributed by atoms with van der Waals surface area (Å²) in [5, 5.41) is 3.36. The van der Waals surface area contributed by atoms with Crippen LogP contribution >= 0.6 is 15.9 Å². The Morgan fingerprint density at radius 3 is 3.00 bits per heavy atom. The standard InChI is InChI=1S/C13H12BrN3O2/c14-8-1-4-11-10(5-8)13(19)17(7-15-11)6-12(18)16-9-2-3-9/h1,4-5,7,9H,2-3,6H2,(H,16,18). The van der Waals surface area contributed by atoms with Crippen molar-refractivity contribution in [1.29, 1.82) is 0 Å². The number of nitrogens with one attached hydrogen (secondary N) is 1. The van der Waals surface area contributed by atoms with Crippen molar-refractivity contribution in [2.75, 3.05) is 0 Å². The second-order valence-electron chi connectivity index (χ2n) is 4.68. The number of benzene rings is 1. The third kappa shape index (κ3) is 2.68. The Morgan fingerprint density at radius 2 is 2.26 bits per heavy atom. The molecule has 2 aromatic rings. The lowest BCUT2D eigenvalue weighted by molar-refractivity contribution is -0.121. The van der Waals surface area contributed by atoms with E-state index in [9.17, 15) is 9.59 Å². The lowest BCUT2D eigenvalue weighted by atomic mass is 10.2. The first-order valence-corrected chi connectivity index (χ1v) is 6.87. The van der Waals surface area contributed by atoms with Crippen LogP contribution in [0, 0.1) is 0 Å². The summed E-state index contributed by atoms with van der Waals surface area (Å²) in [5.74, 6) is -0.138. The van der Waals surface area contributed by atoms with Gasteiger partial charge >= 0.3 is 0 Å². The molecule has 98 valence electrons. The summed E-state index contributed by atoms with van der Waals surface area (Å²) < 4.78 is 2.16. The quantitative estimate of drug-likeness (QED) is 0.930. The summed E-state index contributed by atoms with van der Waals surface area (Å²) in [4.78, 5) is 28.1. The molecule has 1 amide bonds. The van der Waals surface area contributed by atoms with Gasteiger partial charge in [-0.05, 0) is 31.0 Å². The first kappa shape index (κ1) is 12.3. The van der Waals surface area contributed by atoms with Crippen molar-refractivity contribution < 1.29 is 4.79 Å². The molecule has 0 aliphatic heterocycles. The van der Waals surface area contributed by atoms with Crippen LogP contribution in [0.25, 0.3) is 10.9 Å². The normalized spacial score (nSPS) is 14.6. The van der Waals surface area contributed by atoms with Crippen molar-refractivity contribution in [3.8, 4) is 0 Å². The summed E-state index contributed by atoms with van der Waals surface area (Å²) in [6.07, 6.45) is 3.48. The van der Waals surface area contributed by atoms with Crippen molar-refractivity contribution >= 4 is 32.7 Å². The van der Waals surface area contributed by atoms with Gasteiger partial charge in [0.25, 0.3) is 5.56 Å². The van der Waals surface area contributed by atoms with Crippen molar-refractivity contribution in [1.82, 2.24) is 14.9 Å². The predicted molar refractivity (Wildman–Crippen MR) is 74.9 cm³/mol. The van der Waals surface area contributed by atoms with Gasteiger partial charge in [-0.15, -0.1) is 0 Å². The van der Waals surface area contributed by atoms with Gasteiger partial charge in [-0.2, -0.15) is 0 Å². The molecule has 1 N–H and O–H groups in total. The van der Waals surface area contributed by atoms with Crippen molar-refractivity contribution in [2.45, 2.75) is 25.4 Å². The van der Waals surface area contributed by atoms with Crippen molar-refractivity contribution in [3.63, 3.8) is 0 Å². The molecule has 19 heavy (non-hydrogen) atoms. The number of aromatic nitrogens is 2. The number of carbonyl (C=O) groups is 1. The molecule has 0 saturated heterocycles. The van der Waals surface area contributed by atoms with Crippen LogP contribution in [0.1, 0.15) is 12.8 Å². The summed E-state index contributed by atoms with van der Waals surface area (Å²) in [5.41, 5.74) is 0.435. The average Bonchev–Trinajstić information content (AvgIpc) is 3.17. The molecule has 0 spiro atoms. The Labute approximate surface area is 117 Å². The highest BCUT2D eigenvalue weighted by molar-refractivity contribution is 9.10. The monoisotopic (exact) mass is 321 g/mol. The van der Waals surface area contributed by atoms with E-state index >= 15 is 0 Å². The smallest absolute Gasteiger partial charge is 0.261 e. The third-order valence-corrected chi connectivity index (χ3v) is 3.54. The van der Waals surface area contributed by atoms with Crippen molar-refractivity contribution in [2.24, 2.45) is 0 Å². The lowest BCUT2D eigenvalue weighted by Gasteiger charge is -2.07. The maximum atomic E-state index is 12.2. The first-order valence-electron chi connectivity index (χ1n) is 6.07. The van der Waals surface area contributed by atoms with E-state index in [4.69, 9.17) is 0 Å². The summed E-state index contributed by atoms with van der Waals surface area (Å²) >= 11 is 3.33. The van der Waals surface area contributed by atoms with Gasteiger partial charge in [-0.1, -0.05) is 15.9 Å². The average molecular weight is 322 g/mol. The third-order valence-electron chi connectivity index (χ3n) is 3.04. The molecule has 1 aliphatic carbocycles. The Balaban J connectivity index is 1.92. The first-order chi connectivity index (χ1) is 9.13.